The molecule has 0 saturated heterocycles. The van der Waals surface area contributed by atoms with E-state index in [4.69, 9.17) is 0 Å². The number of aryl methyl sites for hydroxylation is 3. The summed E-state index contributed by atoms with van der Waals surface area (Å²) in [6.07, 6.45) is 1.04. The summed E-state index contributed by atoms with van der Waals surface area (Å²) in [6.45, 7) is 6.54. The van der Waals surface area contributed by atoms with E-state index in [1.807, 2.05) is 18.4 Å². The molecule has 3 heteroatoms. The molecule has 0 spiro atoms. The lowest BCUT2D eigenvalue weighted by atomic mass is 9.95. The smallest absolute Gasteiger partial charge is 0.0704 e. The minimum Gasteiger partial charge on any atom is -0.313 e. The van der Waals surface area contributed by atoms with Crippen molar-refractivity contribution in [3.63, 3.8) is 0 Å². The molecule has 0 fully saturated rings. The van der Waals surface area contributed by atoms with Gasteiger partial charge in [-0.1, -0.05) is 23.8 Å². The van der Waals surface area contributed by atoms with E-state index in [9.17, 15) is 0 Å². The molecule has 1 N–H and O–H groups in total. The molecule has 1 nitrogen and oxygen atoms in total. The summed E-state index contributed by atoms with van der Waals surface area (Å²) in [5.41, 5.74) is 5.54. The van der Waals surface area contributed by atoms with Gasteiger partial charge < -0.3 is 5.32 Å². The van der Waals surface area contributed by atoms with Gasteiger partial charge in [-0.15, -0.1) is 11.3 Å². The molecule has 1 aromatic carbocycles. The quantitative estimate of drug-likeness (QED) is 0.833. The lowest BCUT2D eigenvalue weighted by molar-refractivity contribution is 0.589. The van der Waals surface area contributed by atoms with Crippen molar-refractivity contribution in [1.29, 1.82) is 0 Å². The van der Waals surface area contributed by atoms with E-state index in [0.717, 1.165) is 6.42 Å². The van der Waals surface area contributed by atoms with Gasteiger partial charge in [-0.05, 0) is 72.9 Å². The van der Waals surface area contributed by atoms with Crippen LogP contribution in [0.2, 0.25) is 0 Å². The van der Waals surface area contributed by atoms with Crippen LogP contribution in [-0.4, -0.2) is 7.05 Å². The van der Waals surface area contributed by atoms with Crippen LogP contribution >= 0.6 is 27.3 Å². The van der Waals surface area contributed by atoms with Crippen molar-refractivity contribution in [2.24, 2.45) is 0 Å². The molecule has 1 heterocycles. The number of halogens is 1. The van der Waals surface area contributed by atoms with E-state index in [0.29, 0.717) is 6.04 Å². The lowest BCUT2D eigenvalue weighted by Crippen LogP contribution is -2.19. The van der Waals surface area contributed by atoms with Gasteiger partial charge in [0.25, 0.3) is 0 Å². The Morgan fingerprint density at radius 2 is 1.95 bits per heavy atom. The third-order valence-corrected chi connectivity index (χ3v) is 5.15. The first-order valence-electron chi connectivity index (χ1n) is 6.50. The van der Waals surface area contributed by atoms with Gasteiger partial charge in [-0.3, -0.25) is 0 Å². The van der Waals surface area contributed by atoms with Crippen LogP contribution in [-0.2, 0) is 6.42 Å². The topological polar surface area (TPSA) is 12.0 Å². The fourth-order valence-corrected chi connectivity index (χ4v) is 4.18. The minimum atomic E-state index is 0.378. The van der Waals surface area contributed by atoms with Gasteiger partial charge in [-0.2, -0.15) is 0 Å². The summed E-state index contributed by atoms with van der Waals surface area (Å²) in [4.78, 5) is 1.39. The molecule has 2 rings (SSSR count). The summed E-state index contributed by atoms with van der Waals surface area (Å²) in [5.74, 6) is 0. The highest BCUT2D eigenvalue weighted by Gasteiger charge is 2.16. The number of thiophene rings is 1. The van der Waals surface area contributed by atoms with Crippen molar-refractivity contribution in [1.82, 2.24) is 5.32 Å². The van der Waals surface area contributed by atoms with Crippen LogP contribution in [0.3, 0.4) is 0 Å². The summed E-state index contributed by atoms with van der Waals surface area (Å²) >= 11 is 5.39. The largest absolute Gasteiger partial charge is 0.313 e. The molecule has 1 aromatic heterocycles. The van der Waals surface area contributed by atoms with Gasteiger partial charge in [-0.25, -0.2) is 0 Å². The monoisotopic (exact) mass is 337 g/mol. The average Bonchev–Trinajstić information content (AvgIpc) is 2.69. The van der Waals surface area contributed by atoms with Gasteiger partial charge in [0.15, 0.2) is 0 Å². The van der Waals surface area contributed by atoms with E-state index in [2.05, 4.69) is 66.3 Å². The van der Waals surface area contributed by atoms with Crippen LogP contribution in [0.1, 0.15) is 33.2 Å². The predicted octanol–water partition coefficient (Wildman–Crippen LogP) is 4.94. The molecular weight excluding hydrogens is 318 g/mol. The van der Waals surface area contributed by atoms with E-state index < -0.39 is 0 Å². The summed E-state index contributed by atoms with van der Waals surface area (Å²) < 4.78 is 1.21. The maximum Gasteiger partial charge on any atom is 0.0704 e. The SMILES string of the molecule is CNC(Cc1cc(C)ccc1C)c1cc(Br)sc1C. The molecule has 0 radical (unpaired) electrons. The molecule has 0 aliphatic carbocycles. The average molecular weight is 338 g/mol. The van der Waals surface area contributed by atoms with Crippen molar-refractivity contribution < 1.29 is 0 Å². The zero-order valence-electron chi connectivity index (χ0n) is 11.9. The summed E-state index contributed by atoms with van der Waals surface area (Å²) in [5, 5.41) is 3.45. The normalized spacial score (nSPS) is 12.7. The Bertz CT molecular complexity index is 574. The molecule has 0 amide bonds. The fourth-order valence-electron chi connectivity index (χ4n) is 2.41. The van der Waals surface area contributed by atoms with Crippen LogP contribution in [0.15, 0.2) is 28.1 Å². The Morgan fingerprint density at radius 3 is 2.53 bits per heavy atom. The number of rotatable bonds is 4. The highest BCUT2D eigenvalue weighted by molar-refractivity contribution is 9.11. The summed E-state index contributed by atoms with van der Waals surface area (Å²) in [6, 6.07) is 9.32. The second-order valence-electron chi connectivity index (χ2n) is 5.04. The minimum absolute atomic E-state index is 0.378. The van der Waals surface area contributed by atoms with Crippen LogP contribution in [0, 0.1) is 20.8 Å². The van der Waals surface area contributed by atoms with E-state index >= 15 is 0 Å². The van der Waals surface area contributed by atoms with Gasteiger partial charge in [0, 0.05) is 10.9 Å². The first kappa shape index (κ1) is 14.8. The van der Waals surface area contributed by atoms with Gasteiger partial charge in [0.05, 0.1) is 3.79 Å². The first-order chi connectivity index (χ1) is 9.01. The molecular formula is C16H20BrNS. The maximum absolute atomic E-state index is 3.58. The van der Waals surface area contributed by atoms with E-state index in [1.54, 1.807) is 0 Å². The standard InChI is InChI=1S/C16H20BrNS/c1-10-5-6-11(2)13(7-10)8-15(18-4)14-9-16(17)19-12(14)3/h5-7,9,15,18H,8H2,1-4H3. The van der Waals surface area contributed by atoms with Gasteiger partial charge >= 0.3 is 0 Å². The Labute approximate surface area is 128 Å². The second kappa shape index (κ2) is 6.21. The Morgan fingerprint density at radius 1 is 1.21 bits per heavy atom. The molecule has 0 aliphatic rings. The Kier molecular flexibility index (Phi) is 4.82. The molecule has 0 aliphatic heterocycles. The third-order valence-electron chi connectivity index (χ3n) is 3.58. The molecule has 0 bridgehead atoms. The molecule has 1 atom stereocenters. The van der Waals surface area contributed by atoms with Crippen molar-refractivity contribution in [2.45, 2.75) is 33.2 Å². The Hall–Kier alpha value is -0.640. The number of nitrogens with one attached hydrogen (secondary N) is 1. The summed E-state index contributed by atoms with van der Waals surface area (Å²) in [7, 11) is 2.04. The zero-order valence-corrected chi connectivity index (χ0v) is 14.3. The van der Waals surface area contributed by atoms with Gasteiger partial charge in [0.1, 0.15) is 0 Å². The predicted molar refractivity (Wildman–Crippen MR) is 88.2 cm³/mol. The highest BCUT2D eigenvalue weighted by atomic mass is 79.9. The molecule has 102 valence electrons. The van der Waals surface area contributed by atoms with Gasteiger partial charge in [0.2, 0.25) is 0 Å². The lowest BCUT2D eigenvalue weighted by Gasteiger charge is -2.18. The number of hydrogen-bond donors (Lipinski definition) is 1. The fraction of sp³-hybridized carbons (Fsp3) is 0.375. The number of benzene rings is 1. The highest BCUT2D eigenvalue weighted by Crippen LogP contribution is 2.32. The first-order valence-corrected chi connectivity index (χ1v) is 8.11. The molecule has 2 aromatic rings. The van der Waals surface area contributed by atoms with Crippen molar-refractivity contribution >= 4 is 27.3 Å². The van der Waals surface area contributed by atoms with Crippen molar-refractivity contribution in [3.05, 3.63) is 55.2 Å². The maximum atomic E-state index is 3.58. The zero-order chi connectivity index (χ0) is 14.0. The van der Waals surface area contributed by atoms with Crippen LogP contribution in [0.4, 0.5) is 0 Å². The van der Waals surface area contributed by atoms with Crippen molar-refractivity contribution in [2.75, 3.05) is 7.05 Å². The van der Waals surface area contributed by atoms with Crippen LogP contribution in [0.25, 0.3) is 0 Å². The third kappa shape index (κ3) is 3.47. The van der Waals surface area contributed by atoms with E-state index in [-0.39, 0.29) is 0 Å². The Balaban J connectivity index is 2.29. The van der Waals surface area contributed by atoms with Crippen molar-refractivity contribution in [3.8, 4) is 0 Å². The second-order valence-corrected chi connectivity index (χ2v) is 7.67. The number of likely N-dealkylation sites (N-methyl/N-ethyl adjacent to an activating group) is 1. The van der Waals surface area contributed by atoms with E-state index in [1.165, 1.54) is 30.9 Å². The molecule has 19 heavy (non-hydrogen) atoms. The van der Waals surface area contributed by atoms with Crippen LogP contribution < -0.4 is 5.32 Å². The number of hydrogen-bond acceptors (Lipinski definition) is 2. The van der Waals surface area contributed by atoms with Crippen LogP contribution in [0.5, 0.6) is 0 Å². The molecule has 0 saturated carbocycles. The molecule has 1 unspecified atom stereocenters.